The smallest absolute Gasteiger partial charge is 0.187 e. The first-order valence-corrected chi connectivity index (χ1v) is 20.7. The van der Waals surface area contributed by atoms with Gasteiger partial charge in [0.15, 0.2) is 16.6 Å². The molecule has 0 spiro atoms. The molecule has 0 bridgehead atoms. The van der Waals surface area contributed by atoms with E-state index in [9.17, 15) is 0 Å². The van der Waals surface area contributed by atoms with Crippen molar-refractivity contribution in [2.24, 2.45) is 11.8 Å². The molecule has 170 valence electrons. The van der Waals surface area contributed by atoms with Crippen LogP contribution in [0, 0.1) is 11.8 Å². The van der Waals surface area contributed by atoms with Crippen LogP contribution in [0.25, 0.3) is 0 Å². The van der Waals surface area contributed by atoms with E-state index in [2.05, 4.69) is 92.3 Å². The molecule has 0 saturated heterocycles. The van der Waals surface area contributed by atoms with Crippen molar-refractivity contribution < 1.29 is 8.85 Å². The summed E-state index contributed by atoms with van der Waals surface area (Å²) < 4.78 is 15.2. The van der Waals surface area contributed by atoms with Gasteiger partial charge in [-0.25, -0.2) is 0 Å². The minimum absolute atomic E-state index is 0.367. The second kappa shape index (κ2) is 11.2. The summed E-state index contributed by atoms with van der Waals surface area (Å²) in [6, 6.07) is 2.50. The molecule has 0 fully saturated rings. The number of nitrogens with zero attached hydrogens (tertiary/aromatic N) is 1. The molecule has 2 unspecified atom stereocenters. The molecule has 28 heavy (non-hydrogen) atoms. The molecule has 2 atom stereocenters. The molecule has 0 N–H and O–H groups in total. The maximum absolute atomic E-state index is 6.13. The monoisotopic (exact) mass is 447 g/mol. The zero-order valence-corrected chi connectivity index (χ0v) is 24.7. The van der Waals surface area contributed by atoms with E-state index in [1.165, 1.54) is 25.2 Å². The van der Waals surface area contributed by atoms with Crippen molar-refractivity contribution >= 4 is 24.9 Å². The summed E-state index contributed by atoms with van der Waals surface area (Å²) in [6.07, 6.45) is 0. The Morgan fingerprint density at radius 3 is 1.29 bits per heavy atom. The van der Waals surface area contributed by atoms with Crippen molar-refractivity contribution in [3.63, 3.8) is 0 Å². The minimum Gasteiger partial charge on any atom is -0.418 e. The van der Waals surface area contributed by atoms with Gasteiger partial charge in [-0.05, 0) is 82.1 Å². The summed E-state index contributed by atoms with van der Waals surface area (Å²) >= 11 is 0. The lowest BCUT2D eigenvalue weighted by Gasteiger charge is -2.48. The van der Waals surface area contributed by atoms with Gasteiger partial charge in [-0.3, -0.25) is 0 Å². The van der Waals surface area contributed by atoms with Crippen molar-refractivity contribution in [2.75, 3.05) is 26.3 Å². The molecular weight excluding hydrogens is 395 g/mol. The number of rotatable bonds is 13. The van der Waals surface area contributed by atoms with Gasteiger partial charge in [0.2, 0.25) is 0 Å². The number of hydrogen-bond donors (Lipinski definition) is 0. The van der Waals surface area contributed by atoms with Crippen LogP contribution in [0.1, 0.15) is 48.5 Å². The Morgan fingerprint density at radius 1 is 0.714 bits per heavy atom. The molecule has 3 nitrogen and oxygen atoms in total. The van der Waals surface area contributed by atoms with E-state index in [1.54, 1.807) is 0 Å². The predicted molar refractivity (Wildman–Crippen MR) is 135 cm³/mol. The van der Waals surface area contributed by atoms with Gasteiger partial charge in [-0.1, -0.05) is 47.7 Å². The minimum atomic E-state index is -1.57. The Morgan fingerprint density at radius 2 is 1.04 bits per heavy atom. The van der Waals surface area contributed by atoms with Crippen molar-refractivity contribution in [2.45, 2.75) is 105 Å². The molecular formula is C22H53NO2Si3. The molecule has 0 rings (SSSR count). The molecule has 0 aromatic heterocycles. The zero-order valence-electron chi connectivity index (χ0n) is 21.7. The third-order valence-electron chi connectivity index (χ3n) is 6.44. The van der Waals surface area contributed by atoms with Gasteiger partial charge in [-0.15, -0.1) is 0 Å². The molecule has 0 aromatic rings. The molecule has 0 amide bonds. The van der Waals surface area contributed by atoms with Gasteiger partial charge in [0, 0.05) is 13.2 Å². The summed E-state index contributed by atoms with van der Waals surface area (Å²) in [5.41, 5.74) is 0. The van der Waals surface area contributed by atoms with Crippen molar-refractivity contribution in [3.8, 4) is 0 Å². The lowest BCUT2D eigenvalue weighted by molar-refractivity contribution is 0.286. The highest BCUT2D eigenvalue weighted by molar-refractivity contribution is 6.77. The van der Waals surface area contributed by atoms with E-state index < -0.39 is 24.9 Å². The largest absolute Gasteiger partial charge is 0.418 e. The predicted octanol–water partition coefficient (Wildman–Crippen LogP) is 7.05. The van der Waals surface area contributed by atoms with Gasteiger partial charge in [0.05, 0.1) is 0 Å². The van der Waals surface area contributed by atoms with Gasteiger partial charge in [-0.2, -0.15) is 0 Å². The van der Waals surface area contributed by atoms with Gasteiger partial charge in [0.25, 0.3) is 0 Å². The highest BCUT2D eigenvalue weighted by Crippen LogP contribution is 2.39. The van der Waals surface area contributed by atoms with Crippen LogP contribution in [-0.4, -0.2) is 55.7 Å². The molecule has 0 aliphatic heterocycles. The van der Waals surface area contributed by atoms with Crippen LogP contribution in [-0.2, 0) is 8.85 Å². The molecule has 0 aromatic carbocycles. The summed E-state index contributed by atoms with van der Waals surface area (Å²) in [5.74, 6) is 1.37. The highest BCUT2D eigenvalue weighted by Gasteiger charge is 2.42. The molecule has 0 aliphatic carbocycles. The average Bonchev–Trinajstić information content (AvgIpc) is 2.43. The van der Waals surface area contributed by atoms with Crippen molar-refractivity contribution in [1.29, 1.82) is 0 Å². The van der Waals surface area contributed by atoms with Crippen LogP contribution in [0.3, 0.4) is 0 Å². The molecule has 0 aliphatic rings. The van der Waals surface area contributed by atoms with E-state index in [0.717, 1.165) is 13.2 Å². The van der Waals surface area contributed by atoms with E-state index in [0.29, 0.717) is 16.9 Å². The van der Waals surface area contributed by atoms with E-state index in [4.69, 9.17) is 8.85 Å². The van der Waals surface area contributed by atoms with Crippen molar-refractivity contribution in [1.82, 2.24) is 4.57 Å². The van der Waals surface area contributed by atoms with Crippen LogP contribution < -0.4 is 0 Å². The SMILES string of the molecule is CCO[Si](C)(C)CC(C)CN(CC(C)C[Si](C)(C)OCC)[Si](C)(C)C(C)(C)C. The van der Waals surface area contributed by atoms with Crippen molar-refractivity contribution in [3.05, 3.63) is 0 Å². The maximum atomic E-state index is 6.13. The lowest BCUT2D eigenvalue weighted by atomic mass is 10.2. The fourth-order valence-electron chi connectivity index (χ4n) is 4.46. The van der Waals surface area contributed by atoms with E-state index in [-0.39, 0.29) is 0 Å². The van der Waals surface area contributed by atoms with E-state index in [1.807, 2.05) is 0 Å². The Balaban J connectivity index is 5.34. The van der Waals surface area contributed by atoms with Gasteiger partial charge in [0.1, 0.15) is 8.24 Å². The maximum Gasteiger partial charge on any atom is 0.187 e. The molecule has 0 radical (unpaired) electrons. The normalized spacial score (nSPS) is 16.5. The van der Waals surface area contributed by atoms with Crippen LogP contribution in [0.2, 0.25) is 56.4 Å². The summed E-state index contributed by atoms with van der Waals surface area (Å²) in [4.78, 5) is 0. The first-order chi connectivity index (χ1) is 12.5. The number of hydrogen-bond acceptors (Lipinski definition) is 3. The fraction of sp³-hybridized carbons (Fsp3) is 1.00. The zero-order chi connectivity index (χ0) is 22.4. The Bertz CT molecular complexity index is 420. The standard InChI is InChI=1S/C22H53NO2Si3/c1-14-24-26(8,9)18-20(3)16-23(28(12,13)22(5,6)7)17-21(4)19-27(10,11)25-15-2/h20-21H,14-19H2,1-13H3. The summed E-state index contributed by atoms with van der Waals surface area (Å²) in [5, 5.41) is 0.367. The van der Waals surface area contributed by atoms with Gasteiger partial charge < -0.3 is 13.4 Å². The van der Waals surface area contributed by atoms with E-state index >= 15 is 0 Å². The molecule has 6 heteroatoms. The van der Waals surface area contributed by atoms with Crippen LogP contribution >= 0.6 is 0 Å². The lowest BCUT2D eigenvalue weighted by Crippen LogP contribution is -2.58. The second-order valence-corrected chi connectivity index (χ2v) is 25.4. The Kier molecular flexibility index (Phi) is 11.4. The van der Waals surface area contributed by atoms with Gasteiger partial charge >= 0.3 is 0 Å². The topological polar surface area (TPSA) is 21.7 Å². The molecule has 0 saturated carbocycles. The Labute approximate surface area is 181 Å². The van der Waals surface area contributed by atoms with Crippen LogP contribution in [0.15, 0.2) is 0 Å². The average molecular weight is 448 g/mol. The first-order valence-electron chi connectivity index (χ1n) is 11.5. The quantitative estimate of drug-likeness (QED) is 0.282. The highest BCUT2D eigenvalue weighted by atomic mass is 28.4. The third kappa shape index (κ3) is 10.0. The van der Waals surface area contributed by atoms with Crippen LogP contribution in [0.5, 0.6) is 0 Å². The summed E-state index contributed by atoms with van der Waals surface area (Å²) in [6.45, 7) is 35.3. The fourth-order valence-corrected chi connectivity index (χ4v) is 12.4. The van der Waals surface area contributed by atoms with Crippen LogP contribution in [0.4, 0.5) is 0 Å². The Hall–Kier alpha value is 0.531. The summed E-state index contributed by atoms with van der Waals surface area (Å²) in [7, 11) is -4.67. The second-order valence-electron chi connectivity index (χ2n) is 11.7. The third-order valence-corrected chi connectivity index (χ3v) is 17.6. The first kappa shape index (κ1) is 28.5. The molecule has 0 heterocycles.